The molecule has 0 aliphatic rings. The predicted octanol–water partition coefficient (Wildman–Crippen LogP) is 2.48. The molecule has 0 saturated heterocycles. The van der Waals surface area contributed by atoms with Gasteiger partial charge in [0.25, 0.3) is 0 Å². The minimum absolute atomic E-state index is 0. The minimum Gasteiger partial charge on any atom is -0.383 e. The molecule has 0 spiro atoms. The van der Waals surface area contributed by atoms with E-state index in [1.165, 1.54) is 8.66 Å². The van der Waals surface area contributed by atoms with E-state index in [9.17, 15) is 0 Å². The van der Waals surface area contributed by atoms with Crippen LogP contribution in [-0.2, 0) is 11.2 Å². The van der Waals surface area contributed by atoms with E-state index in [1.54, 1.807) is 25.5 Å². The van der Waals surface area contributed by atoms with Crippen LogP contribution < -0.4 is 10.6 Å². The molecule has 0 atom stereocenters. The summed E-state index contributed by atoms with van der Waals surface area (Å²) in [5.41, 5.74) is 0. The molecule has 1 aromatic rings. The molecule has 1 heterocycles. The summed E-state index contributed by atoms with van der Waals surface area (Å²) in [6.45, 7) is 2.32. The van der Waals surface area contributed by atoms with Gasteiger partial charge in [0.1, 0.15) is 0 Å². The van der Waals surface area contributed by atoms with Gasteiger partial charge >= 0.3 is 0 Å². The average Bonchev–Trinajstić information content (AvgIpc) is 2.73. The number of thiophene rings is 1. The number of methoxy groups -OCH3 is 1. The lowest BCUT2D eigenvalue weighted by molar-refractivity contribution is 0.203. The number of aliphatic imine (C=N–C) groups is 1. The van der Waals surface area contributed by atoms with Crippen molar-refractivity contribution in [2.75, 3.05) is 33.9 Å². The largest absolute Gasteiger partial charge is 0.383 e. The summed E-state index contributed by atoms with van der Waals surface area (Å²) < 4.78 is 6.14. The predicted molar refractivity (Wildman–Crippen MR) is 92.4 cm³/mol. The Labute approximate surface area is 138 Å². The van der Waals surface area contributed by atoms with E-state index in [1.807, 2.05) is 0 Å². The van der Waals surface area contributed by atoms with Gasteiger partial charge in [-0.05, 0) is 34.5 Å². The third kappa shape index (κ3) is 7.55. The molecule has 0 fully saturated rings. The molecule has 0 unspecified atom stereocenters. The Morgan fingerprint density at radius 3 is 2.67 bits per heavy atom. The number of nitrogens with zero attached hydrogens (tertiary/aromatic N) is 1. The Bertz CT molecular complexity index is 360. The lowest BCUT2D eigenvalue weighted by atomic mass is 10.3. The molecule has 0 amide bonds. The molecule has 7 heteroatoms. The van der Waals surface area contributed by atoms with E-state index >= 15 is 0 Å². The van der Waals surface area contributed by atoms with Crippen LogP contribution in [0.2, 0.25) is 0 Å². The SMILES string of the molecule is CN=C(NCCOC)NCCc1ccc(Br)s1.I. The molecule has 0 radical (unpaired) electrons. The monoisotopic (exact) mass is 447 g/mol. The summed E-state index contributed by atoms with van der Waals surface area (Å²) in [4.78, 5) is 5.49. The fraction of sp³-hybridized carbons (Fsp3) is 0.545. The molecule has 104 valence electrons. The van der Waals surface area contributed by atoms with Crippen LogP contribution in [0.15, 0.2) is 20.9 Å². The highest BCUT2D eigenvalue weighted by molar-refractivity contribution is 14.0. The van der Waals surface area contributed by atoms with Gasteiger partial charge in [-0.1, -0.05) is 0 Å². The quantitative estimate of drug-likeness (QED) is 0.305. The molecule has 0 bridgehead atoms. The topological polar surface area (TPSA) is 45.7 Å². The first-order chi connectivity index (χ1) is 8.26. The van der Waals surface area contributed by atoms with Crippen LogP contribution in [0, 0.1) is 0 Å². The first-order valence-corrected chi connectivity index (χ1v) is 7.05. The molecule has 0 aliphatic heterocycles. The van der Waals surface area contributed by atoms with Gasteiger partial charge < -0.3 is 15.4 Å². The fourth-order valence-corrected chi connectivity index (χ4v) is 2.76. The normalized spacial score (nSPS) is 10.9. The van der Waals surface area contributed by atoms with Crippen LogP contribution in [0.1, 0.15) is 4.88 Å². The van der Waals surface area contributed by atoms with Gasteiger partial charge in [-0.15, -0.1) is 35.3 Å². The molecule has 18 heavy (non-hydrogen) atoms. The molecule has 0 saturated carbocycles. The molecular weight excluding hydrogens is 429 g/mol. The minimum atomic E-state index is 0. The molecule has 0 aromatic carbocycles. The maximum atomic E-state index is 4.96. The average molecular weight is 448 g/mol. The van der Waals surface area contributed by atoms with Crippen LogP contribution >= 0.6 is 51.2 Å². The van der Waals surface area contributed by atoms with Crippen LogP contribution in [0.25, 0.3) is 0 Å². The van der Waals surface area contributed by atoms with Crippen molar-refractivity contribution in [2.24, 2.45) is 4.99 Å². The highest BCUT2D eigenvalue weighted by Gasteiger charge is 1.99. The number of halogens is 2. The Kier molecular flexibility index (Phi) is 11.1. The molecule has 2 N–H and O–H groups in total. The summed E-state index contributed by atoms with van der Waals surface area (Å²) in [7, 11) is 3.45. The van der Waals surface area contributed by atoms with Crippen LogP contribution in [0.3, 0.4) is 0 Å². The maximum absolute atomic E-state index is 4.96. The van der Waals surface area contributed by atoms with E-state index in [0.717, 1.165) is 25.5 Å². The standard InChI is InChI=1S/C11H18BrN3OS.HI/c1-13-11(15-7-8-16-2)14-6-5-9-3-4-10(12)17-9;/h3-4H,5-8H2,1-2H3,(H2,13,14,15);1H. The third-order valence-electron chi connectivity index (χ3n) is 2.11. The number of ether oxygens (including phenoxy) is 1. The van der Waals surface area contributed by atoms with Gasteiger partial charge in [0, 0.05) is 32.1 Å². The second kappa shape index (κ2) is 11.0. The van der Waals surface area contributed by atoms with Crippen LogP contribution in [0.5, 0.6) is 0 Å². The van der Waals surface area contributed by atoms with Gasteiger partial charge in [-0.25, -0.2) is 0 Å². The highest BCUT2D eigenvalue weighted by atomic mass is 127. The molecular formula is C11H19BrIN3OS. The van der Waals surface area contributed by atoms with Gasteiger partial charge in [0.2, 0.25) is 0 Å². The van der Waals surface area contributed by atoms with Crippen molar-refractivity contribution in [1.82, 2.24) is 10.6 Å². The summed E-state index contributed by atoms with van der Waals surface area (Å²) >= 11 is 5.22. The lowest BCUT2D eigenvalue weighted by Crippen LogP contribution is -2.39. The van der Waals surface area contributed by atoms with Crippen LogP contribution in [-0.4, -0.2) is 39.8 Å². The maximum Gasteiger partial charge on any atom is 0.191 e. The van der Waals surface area contributed by atoms with Crippen molar-refractivity contribution < 1.29 is 4.74 Å². The number of guanidine groups is 1. The van der Waals surface area contributed by atoms with Gasteiger partial charge in [-0.2, -0.15) is 0 Å². The van der Waals surface area contributed by atoms with E-state index in [4.69, 9.17) is 4.74 Å². The Balaban J connectivity index is 0.00000289. The van der Waals surface area contributed by atoms with Crippen LogP contribution in [0.4, 0.5) is 0 Å². The van der Waals surface area contributed by atoms with E-state index in [2.05, 4.69) is 43.7 Å². The molecule has 4 nitrogen and oxygen atoms in total. The highest BCUT2D eigenvalue weighted by Crippen LogP contribution is 2.21. The zero-order valence-electron chi connectivity index (χ0n) is 10.5. The second-order valence-electron chi connectivity index (χ2n) is 3.37. The number of rotatable bonds is 6. The van der Waals surface area contributed by atoms with Crippen molar-refractivity contribution in [3.63, 3.8) is 0 Å². The number of nitrogens with one attached hydrogen (secondary N) is 2. The Hall–Kier alpha value is 0.140. The van der Waals surface area contributed by atoms with Gasteiger partial charge in [0.05, 0.1) is 10.4 Å². The first-order valence-electron chi connectivity index (χ1n) is 5.44. The summed E-state index contributed by atoms with van der Waals surface area (Å²) in [5, 5.41) is 6.43. The summed E-state index contributed by atoms with van der Waals surface area (Å²) in [6.07, 6.45) is 1.00. The van der Waals surface area contributed by atoms with Gasteiger partial charge in [0.15, 0.2) is 5.96 Å². The zero-order valence-corrected chi connectivity index (χ0v) is 15.3. The zero-order chi connectivity index (χ0) is 12.5. The number of hydrogen-bond donors (Lipinski definition) is 2. The molecule has 0 aliphatic carbocycles. The molecule has 1 aromatic heterocycles. The van der Waals surface area contributed by atoms with Gasteiger partial charge in [-0.3, -0.25) is 4.99 Å². The van der Waals surface area contributed by atoms with Crippen molar-refractivity contribution in [2.45, 2.75) is 6.42 Å². The van der Waals surface area contributed by atoms with Crippen molar-refractivity contribution in [3.8, 4) is 0 Å². The molecule has 1 rings (SSSR count). The Morgan fingerprint density at radius 2 is 2.11 bits per heavy atom. The lowest BCUT2D eigenvalue weighted by Gasteiger charge is -2.10. The van der Waals surface area contributed by atoms with Crippen molar-refractivity contribution in [3.05, 3.63) is 20.8 Å². The second-order valence-corrected chi connectivity index (χ2v) is 5.92. The Morgan fingerprint density at radius 1 is 1.39 bits per heavy atom. The van der Waals surface area contributed by atoms with E-state index in [-0.39, 0.29) is 24.0 Å². The first kappa shape index (κ1) is 18.1. The summed E-state index contributed by atoms with van der Waals surface area (Å²) in [5.74, 6) is 0.817. The van der Waals surface area contributed by atoms with E-state index in [0.29, 0.717) is 6.61 Å². The van der Waals surface area contributed by atoms with E-state index < -0.39 is 0 Å². The van der Waals surface area contributed by atoms with Crippen molar-refractivity contribution >= 4 is 57.2 Å². The summed E-state index contributed by atoms with van der Waals surface area (Å²) in [6, 6.07) is 4.21. The van der Waals surface area contributed by atoms with Crippen molar-refractivity contribution in [1.29, 1.82) is 0 Å². The number of hydrogen-bond acceptors (Lipinski definition) is 3. The third-order valence-corrected chi connectivity index (χ3v) is 3.80. The fourth-order valence-electron chi connectivity index (χ4n) is 1.28. The smallest absolute Gasteiger partial charge is 0.191 e.